The Balaban J connectivity index is 0.000000845. The monoisotopic (exact) mass is 178 g/mol. The molecule has 0 aliphatic carbocycles. The Kier molecular flexibility index (Phi) is 3.93. The second-order valence-corrected chi connectivity index (χ2v) is 3.47. The van der Waals surface area contributed by atoms with Crippen LogP contribution in [0.1, 0.15) is 18.4 Å². The van der Waals surface area contributed by atoms with Crippen molar-refractivity contribution < 1.29 is 0 Å². The van der Waals surface area contributed by atoms with E-state index in [0.717, 1.165) is 6.54 Å². The molecule has 1 saturated heterocycles. The number of nitrogens with zero attached hydrogens (tertiary/aromatic N) is 1. The van der Waals surface area contributed by atoms with E-state index < -0.39 is 0 Å². The number of benzene rings is 1. The third kappa shape index (κ3) is 2.83. The Hall–Kier alpha value is -0.860. The highest BCUT2D eigenvalue weighted by Crippen LogP contribution is 2.11. The number of rotatable bonds is 2. The molecule has 1 aliphatic heterocycles. The Morgan fingerprint density at radius 1 is 1.00 bits per heavy atom. The molecular weight excluding hydrogens is 160 g/mol. The molecule has 0 atom stereocenters. The fraction of sp³-hybridized carbons (Fsp3) is 0.455. The van der Waals surface area contributed by atoms with E-state index in [9.17, 15) is 0 Å². The van der Waals surface area contributed by atoms with E-state index in [-0.39, 0.29) is 6.15 Å². The molecular formula is C11H18N2. The largest absolute Gasteiger partial charge is 0.344 e. The average Bonchev–Trinajstić information content (AvgIpc) is 2.59. The summed E-state index contributed by atoms with van der Waals surface area (Å²) >= 11 is 0. The molecule has 1 fully saturated rings. The molecule has 0 amide bonds. The molecule has 0 spiro atoms. The van der Waals surface area contributed by atoms with Crippen molar-refractivity contribution in [2.24, 2.45) is 0 Å². The fourth-order valence-electron chi connectivity index (χ4n) is 1.78. The molecule has 0 unspecified atom stereocenters. The second kappa shape index (κ2) is 5.00. The standard InChI is InChI=1S/C11H15N.H3N/c1-2-6-11(7-3-1)10-12-8-4-5-9-12;/h1-3,6-7H,4-5,8-10H2;1H3. The van der Waals surface area contributed by atoms with Crippen LogP contribution >= 0.6 is 0 Å². The van der Waals surface area contributed by atoms with E-state index in [1.807, 2.05) is 0 Å². The summed E-state index contributed by atoms with van der Waals surface area (Å²) in [6.45, 7) is 3.71. The van der Waals surface area contributed by atoms with E-state index >= 15 is 0 Å². The van der Waals surface area contributed by atoms with Crippen molar-refractivity contribution >= 4 is 0 Å². The van der Waals surface area contributed by atoms with Crippen LogP contribution < -0.4 is 6.15 Å². The lowest BCUT2D eigenvalue weighted by molar-refractivity contribution is 0.331. The van der Waals surface area contributed by atoms with Gasteiger partial charge >= 0.3 is 0 Å². The van der Waals surface area contributed by atoms with Crippen LogP contribution in [0, 0.1) is 0 Å². The van der Waals surface area contributed by atoms with Crippen molar-refractivity contribution in [1.29, 1.82) is 0 Å². The lowest BCUT2D eigenvalue weighted by Gasteiger charge is -2.13. The van der Waals surface area contributed by atoms with Crippen LogP contribution in [-0.2, 0) is 6.54 Å². The molecule has 1 heterocycles. The Labute approximate surface area is 80.1 Å². The molecule has 2 heteroatoms. The van der Waals surface area contributed by atoms with Crippen molar-refractivity contribution in [3.63, 3.8) is 0 Å². The lowest BCUT2D eigenvalue weighted by Crippen LogP contribution is -2.18. The third-order valence-electron chi connectivity index (χ3n) is 2.45. The van der Waals surface area contributed by atoms with Crippen LogP contribution in [0.3, 0.4) is 0 Å². The van der Waals surface area contributed by atoms with Gasteiger partial charge in [0.2, 0.25) is 0 Å². The zero-order chi connectivity index (χ0) is 8.23. The maximum absolute atomic E-state index is 2.52. The first kappa shape index (κ1) is 10.2. The summed E-state index contributed by atoms with van der Waals surface area (Å²) in [5, 5.41) is 0. The first-order valence-electron chi connectivity index (χ1n) is 4.71. The first-order valence-corrected chi connectivity index (χ1v) is 4.71. The molecule has 1 aromatic rings. The number of likely N-dealkylation sites (tertiary alicyclic amines) is 1. The topological polar surface area (TPSA) is 38.2 Å². The zero-order valence-electron chi connectivity index (χ0n) is 8.08. The van der Waals surface area contributed by atoms with E-state index in [0.29, 0.717) is 0 Å². The van der Waals surface area contributed by atoms with Crippen molar-refractivity contribution in [2.75, 3.05) is 13.1 Å². The molecule has 0 bridgehead atoms. The highest BCUT2D eigenvalue weighted by molar-refractivity contribution is 5.14. The van der Waals surface area contributed by atoms with Gasteiger partial charge in [-0.2, -0.15) is 0 Å². The molecule has 2 nitrogen and oxygen atoms in total. The molecule has 0 aromatic heterocycles. The summed E-state index contributed by atoms with van der Waals surface area (Å²) in [6.07, 6.45) is 2.76. The highest BCUT2D eigenvalue weighted by atomic mass is 15.1. The van der Waals surface area contributed by atoms with Crippen molar-refractivity contribution in [1.82, 2.24) is 11.1 Å². The van der Waals surface area contributed by atoms with Crippen LogP contribution in [0.2, 0.25) is 0 Å². The van der Waals surface area contributed by atoms with E-state index in [2.05, 4.69) is 35.2 Å². The summed E-state index contributed by atoms with van der Waals surface area (Å²) in [7, 11) is 0. The number of hydrogen-bond acceptors (Lipinski definition) is 2. The predicted octanol–water partition coefficient (Wildman–Crippen LogP) is 2.44. The van der Waals surface area contributed by atoms with Crippen molar-refractivity contribution in [3.05, 3.63) is 35.9 Å². The van der Waals surface area contributed by atoms with E-state index in [1.165, 1.54) is 31.5 Å². The molecule has 13 heavy (non-hydrogen) atoms. The summed E-state index contributed by atoms with van der Waals surface area (Å²) in [6, 6.07) is 10.7. The Morgan fingerprint density at radius 3 is 2.23 bits per heavy atom. The normalized spacial score (nSPS) is 16.9. The fourth-order valence-corrected chi connectivity index (χ4v) is 1.78. The van der Waals surface area contributed by atoms with Gasteiger partial charge in [0.15, 0.2) is 0 Å². The van der Waals surface area contributed by atoms with Crippen LogP contribution in [-0.4, -0.2) is 18.0 Å². The Bertz CT molecular complexity index is 227. The van der Waals surface area contributed by atoms with Gasteiger partial charge in [-0.3, -0.25) is 4.90 Å². The summed E-state index contributed by atoms with van der Waals surface area (Å²) in [4.78, 5) is 2.52. The van der Waals surface area contributed by atoms with Crippen molar-refractivity contribution in [3.8, 4) is 0 Å². The van der Waals surface area contributed by atoms with Gasteiger partial charge in [-0.1, -0.05) is 30.3 Å². The second-order valence-electron chi connectivity index (χ2n) is 3.47. The average molecular weight is 178 g/mol. The summed E-state index contributed by atoms with van der Waals surface area (Å²) in [5.41, 5.74) is 1.44. The first-order chi connectivity index (χ1) is 5.95. The molecule has 2 rings (SSSR count). The SMILES string of the molecule is N.c1ccc(CN2CCCC2)cc1. The smallest absolute Gasteiger partial charge is 0.0233 e. The van der Waals surface area contributed by atoms with Gasteiger partial charge < -0.3 is 6.15 Å². The third-order valence-corrected chi connectivity index (χ3v) is 2.45. The van der Waals surface area contributed by atoms with Gasteiger partial charge in [0.25, 0.3) is 0 Å². The predicted molar refractivity (Wildman–Crippen MR) is 56.0 cm³/mol. The summed E-state index contributed by atoms with van der Waals surface area (Å²) in [5.74, 6) is 0. The zero-order valence-corrected chi connectivity index (χ0v) is 8.08. The maximum atomic E-state index is 2.52. The van der Waals surface area contributed by atoms with E-state index in [4.69, 9.17) is 0 Å². The van der Waals surface area contributed by atoms with Gasteiger partial charge in [0.05, 0.1) is 0 Å². The van der Waals surface area contributed by atoms with E-state index in [1.54, 1.807) is 0 Å². The minimum atomic E-state index is 0. The van der Waals surface area contributed by atoms with Crippen LogP contribution in [0.25, 0.3) is 0 Å². The Morgan fingerprint density at radius 2 is 1.62 bits per heavy atom. The lowest BCUT2D eigenvalue weighted by atomic mass is 10.2. The van der Waals surface area contributed by atoms with Gasteiger partial charge in [-0.05, 0) is 31.5 Å². The van der Waals surface area contributed by atoms with Gasteiger partial charge in [0.1, 0.15) is 0 Å². The number of hydrogen-bond donors (Lipinski definition) is 1. The summed E-state index contributed by atoms with van der Waals surface area (Å²) < 4.78 is 0. The van der Waals surface area contributed by atoms with Crippen molar-refractivity contribution in [2.45, 2.75) is 19.4 Å². The highest BCUT2D eigenvalue weighted by Gasteiger charge is 2.10. The van der Waals surface area contributed by atoms with Gasteiger partial charge in [0, 0.05) is 6.54 Å². The van der Waals surface area contributed by atoms with Crippen LogP contribution in [0.4, 0.5) is 0 Å². The van der Waals surface area contributed by atoms with Crippen LogP contribution in [0.15, 0.2) is 30.3 Å². The molecule has 0 saturated carbocycles. The molecule has 3 N–H and O–H groups in total. The van der Waals surface area contributed by atoms with Gasteiger partial charge in [-0.15, -0.1) is 0 Å². The molecule has 72 valence electrons. The molecule has 0 radical (unpaired) electrons. The minimum absolute atomic E-state index is 0. The molecule has 1 aliphatic rings. The van der Waals surface area contributed by atoms with Gasteiger partial charge in [-0.25, -0.2) is 0 Å². The quantitative estimate of drug-likeness (QED) is 0.755. The maximum Gasteiger partial charge on any atom is 0.0233 e. The molecule has 1 aromatic carbocycles. The van der Waals surface area contributed by atoms with Crippen LogP contribution in [0.5, 0.6) is 0 Å². The minimum Gasteiger partial charge on any atom is -0.344 e.